The lowest BCUT2D eigenvalue weighted by Crippen LogP contribution is -2.22. The summed E-state index contributed by atoms with van der Waals surface area (Å²) in [5, 5.41) is 17.5. The molecule has 4 nitrogen and oxygen atoms in total. The van der Waals surface area contributed by atoms with Gasteiger partial charge in [0.2, 0.25) is 0 Å². The molecule has 0 aromatic heterocycles. The van der Waals surface area contributed by atoms with Crippen molar-refractivity contribution in [3.05, 3.63) is 35.9 Å². The summed E-state index contributed by atoms with van der Waals surface area (Å²) >= 11 is 0. The first-order chi connectivity index (χ1) is 7.72. The van der Waals surface area contributed by atoms with E-state index in [9.17, 15) is 4.79 Å². The fourth-order valence-corrected chi connectivity index (χ4v) is 1.21. The molecule has 1 atom stereocenters. The molecule has 0 fully saturated rings. The molecule has 4 heteroatoms. The van der Waals surface area contributed by atoms with Crippen LogP contribution in [0, 0.1) is 0 Å². The van der Waals surface area contributed by atoms with Crippen molar-refractivity contribution >= 4 is 5.97 Å². The van der Waals surface area contributed by atoms with Gasteiger partial charge < -0.3 is 14.9 Å². The first-order valence-corrected chi connectivity index (χ1v) is 5.21. The van der Waals surface area contributed by atoms with Gasteiger partial charge in [0, 0.05) is 6.42 Å². The molecule has 1 aromatic carbocycles. The molecule has 1 aromatic rings. The van der Waals surface area contributed by atoms with Gasteiger partial charge in [-0.15, -0.1) is 0 Å². The van der Waals surface area contributed by atoms with E-state index < -0.39 is 12.7 Å². The van der Waals surface area contributed by atoms with Crippen molar-refractivity contribution in [3.63, 3.8) is 0 Å². The van der Waals surface area contributed by atoms with E-state index in [1.54, 1.807) is 0 Å². The third-order valence-electron chi connectivity index (χ3n) is 2.11. The number of ether oxygens (including phenoxy) is 1. The van der Waals surface area contributed by atoms with Crippen LogP contribution in [-0.2, 0) is 16.0 Å². The Morgan fingerprint density at radius 1 is 1.31 bits per heavy atom. The third kappa shape index (κ3) is 4.91. The molecular formula is C12H16O4. The maximum atomic E-state index is 11.2. The molecule has 0 aliphatic carbocycles. The second kappa shape index (κ2) is 6.98. The van der Waals surface area contributed by atoms with Crippen LogP contribution in [0.1, 0.15) is 12.0 Å². The SMILES string of the molecule is O=C(CCc1ccccc1)OCC(O)CO. The van der Waals surface area contributed by atoms with Gasteiger partial charge in [-0.25, -0.2) is 0 Å². The smallest absolute Gasteiger partial charge is 0.306 e. The van der Waals surface area contributed by atoms with E-state index in [4.69, 9.17) is 14.9 Å². The fraction of sp³-hybridized carbons (Fsp3) is 0.417. The molecule has 0 radical (unpaired) electrons. The second-order valence-corrected chi connectivity index (χ2v) is 3.51. The van der Waals surface area contributed by atoms with Crippen molar-refractivity contribution in [1.82, 2.24) is 0 Å². The molecule has 0 saturated carbocycles. The van der Waals surface area contributed by atoms with Crippen LogP contribution in [0.5, 0.6) is 0 Å². The zero-order valence-electron chi connectivity index (χ0n) is 9.00. The average molecular weight is 224 g/mol. The molecule has 16 heavy (non-hydrogen) atoms. The monoisotopic (exact) mass is 224 g/mol. The minimum absolute atomic E-state index is 0.149. The van der Waals surface area contributed by atoms with Crippen molar-refractivity contribution in [2.75, 3.05) is 13.2 Å². The molecule has 0 amide bonds. The van der Waals surface area contributed by atoms with Gasteiger partial charge in [-0.1, -0.05) is 30.3 Å². The normalized spacial score (nSPS) is 12.1. The molecule has 2 N–H and O–H groups in total. The molecule has 1 rings (SSSR count). The zero-order valence-corrected chi connectivity index (χ0v) is 9.00. The Morgan fingerprint density at radius 2 is 2.00 bits per heavy atom. The topological polar surface area (TPSA) is 66.8 Å². The minimum atomic E-state index is -0.985. The average Bonchev–Trinajstić information content (AvgIpc) is 2.34. The molecule has 88 valence electrons. The maximum Gasteiger partial charge on any atom is 0.306 e. The van der Waals surface area contributed by atoms with Crippen LogP contribution in [0.2, 0.25) is 0 Å². The molecule has 0 aliphatic rings. The number of hydrogen-bond acceptors (Lipinski definition) is 4. The number of esters is 1. The Hall–Kier alpha value is -1.39. The van der Waals surface area contributed by atoms with Gasteiger partial charge >= 0.3 is 5.97 Å². The van der Waals surface area contributed by atoms with Gasteiger partial charge in [0.1, 0.15) is 12.7 Å². The summed E-state index contributed by atoms with van der Waals surface area (Å²) in [6.07, 6.45) is -0.0856. The summed E-state index contributed by atoms with van der Waals surface area (Å²) in [4.78, 5) is 11.2. The van der Waals surface area contributed by atoms with Crippen molar-refractivity contribution in [3.8, 4) is 0 Å². The lowest BCUT2D eigenvalue weighted by atomic mass is 10.1. The van der Waals surface area contributed by atoms with E-state index >= 15 is 0 Å². The van der Waals surface area contributed by atoms with Crippen LogP contribution < -0.4 is 0 Å². The Balaban J connectivity index is 2.20. The molecule has 1 unspecified atom stereocenters. The Morgan fingerprint density at radius 3 is 2.62 bits per heavy atom. The van der Waals surface area contributed by atoms with Crippen LogP contribution in [0.4, 0.5) is 0 Å². The number of aliphatic hydroxyl groups excluding tert-OH is 2. The molecule has 0 spiro atoms. The summed E-state index contributed by atoms with van der Waals surface area (Å²) in [7, 11) is 0. The summed E-state index contributed by atoms with van der Waals surface area (Å²) < 4.78 is 4.77. The molecular weight excluding hydrogens is 208 g/mol. The van der Waals surface area contributed by atoms with E-state index in [1.165, 1.54) is 0 Å². The van der Waals surface area contributed by atoms with Crippen LogP contribution in [0.3, 0.4) is 0 Å². The van der Waals surface area contributed by atoms with Crippen LogP contribution in [-0.4, -0.2) is 35.5 Å². The number of benzene rings is 1. The minimum Gasteiger partial charge on any atom is -0.463 e. The van der Waals surface area contributed by atoms with Crippen LogP contribution >= 0.6 is 0 Å². The fourth-order valence-electron chi connectivity index (χ4n) is 1.21. The molecule has 0 heterocycles. The maximum absolute atomic E-state index is 11.2. The molecule has 0 aliphatic heterocycles. The number of rotatable bonds is 6. The Bertz CT molecular complexity index is 310. The van der Waals surface area contributed by atoms with Crippen molar-refractivity contribution in [1.29, 1.82) is 0 Å². The van der Waals surface area contributed by atoms with Gasteiger partial charge in [-0.3, -0.25) is 4.79 Å². The van der Waals surface area contributed by atoms with E-state index in [1.807, 2.05) is 30.3 Å². The Kier molecular flexibility index (Phi) is 5.53. The summed E-state index contributed by atoms with van der Waals surface area (Å²) in [5.41, 5.74) is 1.07. The zero-order chi connectivity index (χ0) is 11.8. The highest BCUT2D eigenvalue weighted by molar-refractivity contribution is 5.69. The standard InChI is InChI=1S/C12H16O4/c13-8-11(14)9-16-12(15)7-6-10-4-2-1-3-5-10/h1-5,11,13-14H,6-9H2. The van der Waals surface area contributed by atoms with Gasteiger partial charge in [0.25, 0.3) is 0 Å². The van der Waals surface area contributed by atoms with E-state index in [0.717, 1.165) is 5.56 Å². The number of aliphatic hydroxyl groups is 2. The van der Waals surface area contributed by atoms with Crippen LogP contribution in [0.25, 0.3) is 0 Å². The predicted octanol–water partition coefficient (Wildman–Crippen LogP) is 0.516. The highest BCUT2D eigenvalue weighted by Crippen LogP contribution is 2.03. The molecule has 0 saturated heterocycles. The highest BCUT2D eigenvalue weighted by atomic mass is 16.5. The van der Waals surface area contributed by atoms with Crippen molar-refractivity contribution in [2.24, 2.45) is 0 Å². The second-order valence-electron chi connectivity index (χ2n) is 3.51. The number of aryl methyl sites for hydroxylation is 1. The summed E-state index contributed by atoms with van der Waals surface area (Å²) in [6.45, 7) is -0.546. The van der Waals surface area contributed by atoms with E-state index in [2.05, 4.69) is 0 Å². The van der Waals surface area contributed by atoms with E-state index in [0.29, 0.717) is 6.42 Å². The van der Waals surface area contributed by atoms with Gasteiger partial charge in [0.05, 0.1) is 6.61 Å². The largest absolute Gasteiger partial charge is 0.463 e. The summed E-state index contributed by atoms with van der Waals surface area (Å²) in [5.74, 6) is -0.364. The van der Waals surface area contributed by atoms with Crippen molar-refractivity contribution < 1.29 is 19.7 Å². The third-order valence-corrected chi connectivity index (χ3v) is 2.11. The van der Waals surface area contributed by atoms with Gasteiger partial charge in [-0.05, 0) is 12.0 Å². The summed E-state index contributed by atoms with van der Waals surface area (Å²) in [6, 6.07) is 9.62. The lowest BCUT2D eigenvalue weighted by molar-refractivity contribution is -0.147. The molecule has 0 bridgehead atoms. The first kappa shape index (κ1) is 12.7. The number of hydrogen-bond donors (Lipinski definition) is 2. The van der Waals surface area contributed by atoms with Crippen LogP contribution in [0.15, 0.2) is 30.3 Å². The van der Waals surface area contributed by atoms with Crippen molar-refractivity contribution in [2.45, 2.75) is 18.9 Å². The number of carbonyl (C=O) groups excluding carboxylic acids is 1. The highest BCUT2D eigenvalue weighted by Gasteiger charge is 2.07. The number of carbonyl (C=O) groups is 1. The quantitative estimate of drug-likeness (QED) is 0.691. The van der Waals surface area contributed by atoms with Gasteiger partial charge in [-0.2, -0.15) is 0 Å². The first-order valence-electron chi connectivity index (χ1n) is 5.21. The predicted molar refractivity (Wildman–Crippen MR) is 58.8 cm³/mol. The van der Waals surface area contributed by atoms with E-state index in [-0.39, 0.29) is 19.0 Å². The lowest BCUT2D eigenvalue weighted by Gasteiger charge is -2.08. The van der Waals surface area contributed by atoms with Gasteiger partial charge in [0.15, 0.2) is 0 Å². The Labute approximate surface area is 94.5 Å².